The number of phenolic OH excluding ortho intramolecular Hbond substituents is 1. The predicted molar refractivity (Wildman–Crippen MR) is 121 cm³/mol. The van der Waals surface area contributed by atoms with Crippen LogP contribution in [0.4, 0.5) is 0 Å². The van der Waals surface area contributed by atoms with E-state index in [1.54, 1.807) is 39.8 Å². The largest absolute Gasteiger partial charge is 0.508 e. The van der Waals surface area contributed by atoms with Crippen LogP contribution in [0, 0.1) is 11.8 Å². The Kier molecular flexibility index (Phi) is 9.22. The number of phenols is 1. The van der Waals surface area contributed by atoms with E-state index < -0.39 is 35.9 Å². The highest BCUT2D eigenvalue weighted by atomic mass is 16.4. The van der Waals surface area contributed by atoms with Gasteiger partial charge in [0, 0.05) is 18.9 Å². The molecule has 1 aliphatic heterocycles. The van der Waals surface area contributed by atoms with Gasteiger partial charge < -0.3 is 20.8 Å². The van der Waals surface area contributed by atoms with E-state index in [9.17, 15) is 29.4 Å². The lowest BCUT2D eigenvalue weighted by molar-refractivity contribution is -0.148. The summed E-state index contributed by atoms with van der Waals surface area (Å²) in [5.41, 5.74) is 3.33. The zero-order chi connectivity index (χ0) is 24.7. The molecule has 0 aliphatic carbocycles. The average molecular weight is 463 g/mol. The number of hydrogen-bond donors (Lipinski definition) is 5. The Morgan fingerprint density at radius 3 is 2.39 bits per heavy atom. The van der Waals surface area contributed by atoms with Crippen LogP contribution in [0.2, 0.25) is 0 Å². The molecule has 1 aromatic carbocycles. The Bertz CT molecular complexity index is 872. The van der Waals surface area contributed by atoms with Crippen LogP contribution in [0.15, 0.2) is 24.3 Å². The summed E-state index contributed by atoms with van der Waals surface area (Å²) in [6.07, 6.45) is 0.971. The molecule has 10 heteroatoms. The Morgan fingerprint density at radius 1 is 1.12 bits per heavy atom. The van der Waals surface area contributed by atoms with Gasteiger partial charge in [-0.2, -0.15) is 0 Å². The second kappa shape index (κ2) is 11.6. The number of aromatic hydroxyl groups is 1. The van der Waals surface area contributed by atoms with E-state index in [1.165, 1.54) is 17.1 Å². The number of carbonyl (C=O) groups is 4. The van der Waals surface area contributed by atoms with E-state index in [0.717, 1.165) is 0 Å². The quantitative estimate of drug-likeness (QED) is 0.364. The van der Waals surface area contributed by atoms with Crippen molar-refractivity contribution in [2.45, 2.75) is 65.1 Å². The molecule has 182 valence electrons. The maximum atomic E-state index is 13.3. The minimum Gasteiger partial charge on any atom is -0.508 e. The summed E-state index contributed by atoms with van der Waals surface area (Å²) in [6, 6.07) is 3.57. The Morgan fingerprint density at radius 2 is 1.82 bits per heavy atom. The van der Waals surface area contributed by atoms with Gasteiger partial charge in [-0.1, -0.05) is 39.8 Å². The minimum absolute atomic E-state index is 0.0244. The lowest BCUT2D eigenvalue weighted by atomic mass is 9.99. The van der Waals surface area contributed by atoms with Gasteiger partial charge in [0.25, 0.3) is 5.91 Å². The van der Waals surface area contributed by atoms with Crippen LogP contribution < -0.4 is 16.1 Å². The molecule has 3 amide bonds. The van der Waals surface area contributed by atoms with Crippen LogP contribution in [0.3, 0.4) is 0 Å². The fraction of sp³-hybridized carbons (Fsp3) is 0.565. The number of carboxylic acids is 1. The zero-order valence-corrected chi connectivity index (χ0v) is 19.5. The number of nitrogens with zero attached hydrogens (tertiary/aromatic N) is 1. The maximum absolute atomic E-state index is 13.3. The summed E-state index contributed by atoms with van der Waals surface area (Å²) in [5, 5.41) is 25.8. The van der Waals surface area contributed by atoms with Gasteiger partial charge in [0.05, 0.1) is 0 Å². The van der Waals surface area contributed by atoms with Crippen molar-refractivity contribution in [1.29, 1.82) is 0 Å². The Hall–Kier alpha value is -3.14. The molecule has 0 aromatic heterocycles. The highest BCUT2D eigenvalue weighted by Crippen LogP contribution is 2.16. The first-order chi connectivity index (χ1) is 15.5. The molecule has 0 radical (unpaired) electrons. The van der Waals surface area contributed by atoms with Crippen LogP contribution in [0.1, 0.15) is 46.1 Å². The van der Waals surface area contributed by atoms with Gasteiger partial charge in [0.1, 0.15) is 23.9 Å². The smallest absolute Gasteiger partial charge is 0.322 e. The van der Waals surface area contributed by atoms with Crippen molar-refractivity contribution in [3.63, 3.8) is 0 Å². The first-order valence-electron chi connectivity index (χ1n) is 11.2. The highest BCUT2D eigenvalue weighted by Gasteiger charge is 2.34. The van der Waals surface area contributed by atoms with Gasteiger partial charge in [-0.15, -0.1) is 0 Å². The van der Waals surface area contributed by atoms with E-state index in [-0.39, 0.29) is 29.9 Å². The molecule has 0 spiro atoms. The molecule has 5 N–H and O–H groups in total. The summed E-state index contributed by atoms with van der Waals surface area (Å²) < 4.78 is 0. The molecule has 2 rings (SSSR count). The van der Waals surface area contributed by atoms with Crippen LogP contribution in [-0.4, -0.2) is 63.6 Å². The summed E-state index contributed by atoms with van der Waals surface area (Å²) in [6.45, 7) is 7.33. The molecule has 1 heterocycles. The summed E-state index contributed by atoms with van der Waals surface area (Å²) >= 11 is 0. The molecular formula is C23H34N4O6. The number of aliphatic carboxylic acids is 1. The van der Waals surface area contributed by atoms with Gasteiger partial charge >= 0.3 is 5.97 Å². The molecule has 3 atom stereocenters. The predicted octanol–water partition coefficient (Wildman–Crippen LogP) is 0.797. The number of carbonyl (C=O) groups excluding carboxylic acids is 3. The first-order valence-corrected chi connectivity index (χ1v) is 11.2. The van der Waals surface area contributed by atoms with Crippen molar-refractivity contribution < 1.29 is 29.4 Å². The second-order valence-corrected chi connectivity index (χ2v) is 8.97. The minimum atomic E-state index is -1.06. The number of amides is 3. The summed E-state index contributed by atoms with van der Waals surface area (Å²) in [7, 11) is 0. The Labute approximate surface area is 193 Å². The molecule has 0 saturated carbocycles. The molecule has 1 aromatic rings. The second-order valence-electron chi connectivity index (χ2n) is 8.97. The van der Waals surface area contributed by atoms with Crippen molar-refractivity contribution in [3.8, 4) is 5.75 Å². The zero-order valence-electron chi connectivity index (χ0n) is 19.5. The van der Waals surface area contributed by atoms with Crippen LogP contribution in [0.5, 0.6) is 5.75 Å². The van der Waals surface area contributed by atoms with Gasteiger partial charge in [0.2, 0.25) is 11.8 Å². The summed E-state index contributed by atoms with van der Waals surface area (Å²) in [4.78, 5) is 50.0. The number of benzene rings is 1. The van der Waals surface area contributed by atoms with E-state index in [0.29, 0.717) is 24.9 Å². The van der Waals surface area contributed by atoms with Gasteiger partial charge in [0.15, 0.2) is 0 Å². The third-order valence-corrected chi connectivity index (χ3v) is 5.49. The molecular weight excluding hydrogens is 428 g/mol. The van der Waals surface area contributed by atoms with Crippen LogP contribution in [-0.2, 0) is 25.6 Å². The topological polar surface area (TPSA) is 148 Å². The van der Waals surface area contributed by atoms with Crippen LogP contribution in [0.25, 0.3) is 0 Å². The fourth-order valence-corrected chi connectivity index (χ4v) is 3.55. The third-order valence-electron chi connectivity index (χ3n) is 5.49. The van der Waals surface area contributed by atoms with Crippen molar-refractivity contribution in [2.75, 3.05) is 6.54 Å². The van der Waals surface area contributed by atoms with Gasteiger partial charge in [-0.25, -0.2) is 5.43 Å². The number of rotatable bonds is 9. The van der Waals surface area contributed by atoms with Crippen molar-refractivity contribution in [2.24, 2.45) is 11.8 Å². The van der Waals surface area contributed by atoms with Crippen molar-refractivity contribution in [1.82, 2.24) is 21.1 Å². The molecule has 0 bridgehead atoms. The molecule has 33 heavy (non-hydrogen) atoms. The average Bonchev–Trinajstić information content (AvgIpc) is 2.75. The monoisotopic (exact) mass is 462 g/mol. The van der Waals surface area contributed by atoms with E-state index in [4.69, 9.17) is 0 Å². The third kappa shape index (κ3) is 7.45. The van der Waals surface area contributed by atoms with Crippen molar-refractivity contribution >= 4 is 23.7 Å². The SMILES string of the molecule is CC(C)C(=O)NC(C(=O)NC(Cc1cccc(O)c1)C(=O)N1CCCC(C(=O)O)N1)C(C)C. The number of hydrazine groups is 1. The summed E-state index contributed by atoms with van der Waals surface area (Å²) in [5.74, 6) is -2.85. The standard InChI is InChI=1S/C23H34N4O6/c1-13(2)19(25-20(29)14(3)4)21(30)24-18(12-15-7-5-8-16(28)11-15)22(31)27-10-6-9-17(26-27)23(32)33/h5,7-8,11,13-14,17-19,26,28H,6,9-10,12H2,1-4H3,(H,24,30)(H,25,29)(H,32,33). The number of hydrogen-bond acceptors (Lipinski definition) is 6. The molecule has 1 fully saturated rings. The van der Waals surface area contributed by atoms with E-state index in [1.807, 2.05) is 0 Å². The highest BCUT2D eigenvalue weighted by molar-refractivity contribution is 5.92. The van der Waals surface area contributed by atoms with Crippen molar-refractivity contribution in [3.05, 3.63) is 29.8 Å². The fourth-order valence-electron chi connectivity index (χ4n) is 3.55. The molecule has 3 unspecified atom stereocenters. The molecule has 1 aliphatic rings. The Balaban J connectivity index is 2.25. The molecule has 1 saturated heterocycles. The first kappa shape index (κ1) is 26.1. The normalized spacial score (nSPS) is 18.0. The van der Waals surface area contributed by atoms with Gasteiger partial charge in [-0.3, -0.25) is 24.2 Å². The van der Waals surface area contributed by atoms with E-state index in [2.05, 4.69) is 16.1 Å². The van der Waals surface area contributed by atoms with Gasteiger partial charge in [-0.05, 0) is 36.5 Å². The van der Waals surface area contributed by atoms with E-state index >= 15 is 0 Å². The number of nitrogens with one attached hydrogen (secondary N) is 3. The lowest BCUT2D eigenvalue weighted by Crippen LogP contribution is -2.62. The molecule has 10 nitrogen and oxygen atoms in total. The lowest BCUT2D eigenvalue weighted by Gasteiger charge is -2.35. The van der Waals surface area contributed by atoms with Crippen LogP contribution >= 0.6 is 0 Å². The number of carboxylic acid groups (broad SMARTS) is 1. The maximum Gasteiger partial charge on any atom is 0.322 e.